The van der Waals surface area contributed by atoms with Crippen molar-refractivity contribution < 1.29 is 0 Å². The monoisotopic (exact) mass is 354 g/mol. The Morgan fingerprint density at radius 3 is 2.70 bits per heavy atom. The van der Waals surface area contributed by atoms with E-state index in [0.29, 0.717) is 0 Å². The van der Waals surface area contributed by atoms with Crippen LogP contribution in [0.5, 0.6) is 0 Å². The van der Waals surface area contributed by atoms with E-state index >= 15 is 0 Å². The van der Waals surface area contributed by atoms with E-state index in [1.54, 1.807) is 0 Å². The number of hydrogen-bond donors (Lipinski definition) is 0. The van der Waals surface area contributed by atoms with E-state index in [1.165, 1.54) is 27.8 Å². The fraction of sp³-hybridized carbons (Fsp3) is 0.259. The van der Waals surface area contributed by atoms with E-state index in [2.05, 4.69) is 99.4 Å². The van der Waals surface area contributed by atoms with Crippen LogP contribution in [-0.2, 0) is 11.8 Å². The standard InChI is InChI=1S/C27H30/c1-4-6-15-24(5-2)27(25-16-11-9-12-17-25)20-13-8-7-10-14-23-19-18-22(3)21-26(23)27/h4-11,13,15-16,18-19,21H,1,12,14,17,20H2,2-3H3/b10-7-,13-8-,15-6-,24-5+. The van der Waals surface area contributed by atoms with Gasteiger partial charge in [-0.05, 0) is 56.2 Å². The van der Waals surface area contributed by atoms with Crippen LogP contribution in [0.1, 0.15) is 42.9 Å². The number of allylic oxidation sites excluding steroid dienone is 13. The van der Waals surface area contributed by atoms with Crippen LogP contribution in [0.2, 0.25) is 0 Å². The molecule has 1 aromatic carbocycles. The van der Waals surface area contributed by atoms with Crippen LogP contribution >= 0.6 is 0 Å². The number of aryl methyl sites for hydroxylation is 1. The lowest BCUT2D eigenvalue weighted by Crippen LogP contribution is -2.32. The molecule has 1 aromatic rings. The van der Waals surface area contributed by atoms with E-state index in [0.717, 1.165) is 25.7 Å². The molecule has 0 N–H and O–H groups in total. The SMILES string of the molecule is C=C/C=C\C(=C/C)C1(C2=CC=CCC2)C/C=C\C=C/Cc2ccc(C)cc21. The Labute approximate surface area is 164 Å². The highest BCUT2D eigenvalue weighted by atomic mass is 14.4. The molecule has 0 heteroatoms. The fourth-order valence-electron chi connectivity index (χ4n) is 4.35. The molecule has 0 amide bonds. The third-order valence-electron chi connectivity index (χ3n) is 5.65. The van der Waals surface area contributed by atoms with Crippen molar-refractivity contribution in [3.05, 3.63) is 119 Å². The van der Waals surface area contributed by atoms with Gasteiger partial charge in [0, 0.05) is 5.41 Å². The normalized spacial score (nSPS) is 25.1. The minimum absolute atomic E-state index is 0.136. The van der Waals surface area contributed by atoms with Gasteiger partial charge < -0.3 is 0 Å². The van der Waals surface area contributed by atoms with E-state index in [9.17, 15) is 0 Å². The summed E-state index contributed by atoms with van der Waals surface area (Å²) in [4.78, 5) is 0. The van der Waals surface area contributed by atoms with Crippen molar-refractivity contribution in [2.24, 2.45) is 0 Å². The van der Waals surface area contributed by atoms with Crippen LogP contribution < -0.4 is 0 Å². The summed E-state index contributed by atoms with van der Waals surface area (Å²) < 4.78 is 0. The van der Waals surface area contributed by atoms with Gasteiger partial charge in [-0.25, -0.2) is 0 Å². The Bertz CT molecular complexity index is 867. The van der Waals surface area contributed by atoms with Crippen molar-refractivity contribution in [2.75, 3.05) is 0 Å². The predicted octanol–water partition coefficient (Wildman–Crippen LogP) is 7.26. The molecule has 138 valence electrons. The van der Waals surface area contributed by atoms with Crippen molar-refractivity contribution in [1.82, 2.24) is 0 Å². The molecule has 0 aromatic heterocycles. The van der Waals surface area contributed by atoms with E-state index in [4.69, 9.17) is 0 Å². The average molecular weight is 355 g/mol. The number of hydrogen-bond acceptors (Lipinski definition) is 0. The largest absolute Gasteiger partial charge is 0.0991 e. The average Bonchev–Trinajstić information content (AvgIpc) is 2.79. The minimum atomic E-state index is -0.136. The summed E-state index contributed by atoms with van der Waals surface area (Å²) >= 11 is 0. The topological polar surface area (TPSA) is 0 Å². The van der Waals surface area contributed by atoms with E-state index in [1.807, 2.05) is 6.08 Å². The zero-order chi connectivity index (χ0) is 19.1. The Hall–Kier alpha value is -2.60. The third kappa shape index (κ3) is 3.90. The van der Waals surface area contributed by atoms with Crippen LogP contribution in [0, 0.1) is 6.92 Å². The molecule has 3 rings (SSSR count). The molecule has 0 heterocycles. The number of rotatable bonds is 4. The third-order valence-corrected chi connectivity index (χ3v) is 5.65. The lowest BCUT2D eigenvalue weighted by atomic mass is 9.63. The second-order valence-corrected chi connectivity index (χ2v) is 7.33. The van der Waals surface area contributed by atoms with Crippen LogP contribution in [0.3, 0.4) is 0 Å². The molecule has 2 aliphatic rings. The molecule has 0 fully saturated rings. The molecule has 0 nitrogen and oxygen atoms in total. The summed E-state index contributed by atoms with van der Waals surface area (Å²) in [7, 11) is 0. The van der Waals surface area contributed by atoms with Gasteiger partial charge in [0.2, 0.25) is 0 Å². The molecule has 1 atom stereocenters. The molecular weight excluding hydrogens is 324 g/mol. The van der Waals surface area contributed by atoms with Gasteiger partial charge in [-0.15, -0.1) is 0 Å². The maximum atomic E-state index is 3.89. The molecular formula is C27H30. The van der Waals surface area contributed by atoms with Crippen LogP contribution in [0.25, 0.3) is 0 Å². The molecule has 0 radical (unpaired) electrons. The highest BCUT2D eigenvalue weighted by molar-refractivity contribution is 5.57. The highest BCUT2D eigenvalue weighted by Gasteiger charge is 2.39. The summed E-state index contributed by atoms with van der Waals surface area (Å²) in [5.41, 5.74) is 6.90. The molecule has 0 saturated carbocycles. The Morgan fingerprint density at radius 2 is 1.96 bits per heavy atom. The predicted molar refractivity (Wildman–Crippen MR) is 119 cm³/mol. The fourth-order valence-corrected chi connectivity index (χ4v) is 4.35. The van der Waals surface area contributed by atoms with Crippen LogP contribution in [0.4, 0.5) is 0 Å². The van der Waals surface area contributed by atoms with Gasteiger partial charge in [0.15, 0.2) is 0 Å². The highest BCUT2D eigenvalue weighted by Crippen LogP contribution is 2.48. The first-order valence-electron chi connectivity index (χ1n) is 9.96. The summed E-state index contributed by atoms with van der Waals surface area (Å²) in [5, 5.41) is 0. The van der Waals surface area contributed by atoms with Crippen molar-refractivity contribution >= 4 is 0 Å². The second-order valence-electron chi connectivity index (χ2n) is 7.33. The van der Waals surface area contributed by atoms with Crippen molar-refractivity contribution in [1.29, 1.82) is 0 Å². The lowest BCUT2D eigenvalue weighted by molar-refractivity contribution is 0.575. The molecule has 0 aliphatic heterocycles. The maximum absolute atomic E-state index is 3.89. The van der Waals surface area contributed by atoms with Crippen molar-refractivity contribution in [2.45, 2.75) is 44.9 Å². The van der Waals surface area contributed by atoms with Gasteiger partial charge in [0.25, 0.3) is 0 Å². The maximum Gasteiger partial charge on any atom is 0.0448 e. The summed E-state index contributed by atoms with van der Waals surface area (Å²) in [6.07, 6.45) is 28.5. The van der Waals surface area contributed by atoms with Gasteiger partial charge in [-0.2, -0.15) is 0 Å². The Balaban J connectivity index is 2.35. The first-order valence-corrected chi connectivity index (χ1v) is 9.96. The molecule has 1 unspecified atom stereocenters. The van der Waals surface area contributed by atoms with Crippen molar-refractivity contribution in [3.63, 3.8) is 0 Å². The summed E-state index contributed by atoms with van der Waals surface area (Å²) in [6.45, 7) is 8.25. The zero-order valence-corrected chi connectivity index (χ0v) is 16.6. The summed E-state index contributed by atoms with van der Waals surface area (Å²) in [5.74, 6) is 0. The lowest BCUT2D eigenvalue weighted by Gasteiger charge is -2.40. The molecule has 0 spiro atoms. The molecule has 0 saturated heterocycles. The minimum Gasteiger partial charge on any atom is -0.0991 e. The second kappa shape index (κ2) is 8.86. The number of fused-ring (bicyclic) bond motifs is 1. The first kappa shape index (κ1) is 19.2. The number of benzene rings is 1. The van der Waals surface area contributed by atoms with E-state index in [-0.39, 0.29) is 5.41 Å². The molecule has 2 aliphatic carbocycles. The van der Waals surface area contributed by atoms with Gasteiger partial charge in [-0.3, -0.25) is 0 Å². The zero-order valence-electron chi connectivity index (χ0n) is 16.6. The Morgan fingerprint density at radius 1 is 1.11 bits per heavy atom. The molecule has 27 heavy (non-hydrogen) atoms. The van der Waals surface area contributed by atoms with Gasteiger partial charge in [-0.1, -0.05) is 103 Å². The van der Waals surface area contributed by atoms with Crippen LogP contribution in [-0.4, -0.2) is 0 Å². The van der Waals surface area contributed by atoms with Crippen molar-refractivity contribution in [3.8, 4) is 0 Å². The van der Waals surface area contributed by atoms with E-state index < -0.39 is 0 Å². The van der Waals surface area contributed by atoms with Gasteiger partial charge in [0.1, 0.15) is 0 Å². The summed E-state index contributed by atoms with van der Waals surface area (Å²) in [6, 6.07) is 6.97. The smallest absolute Gasteiger partial charge is 0.0448 e. The quantitative estimate of drug-likeness (QED) is 0.499. The van der Waals surface area contributed by atoms with Gasteiger partial charge in [0.05, 0.1) is 0 Å². The Kier molecular flexibility index (Phi) is 6.29. The van der Waals surface area contributed by atoms with Crippen LogP contribution in [0.15, 0.2) is 103 Å². The van der Waals surface area contributed by atoms with Gasteiger partial charge >= 0.3 is 0 Å². The first-order chi connectivity index (χ1) is 13.2. The molecule has 0 bridgehead atoms.